The van der Waals surface area contributed by atoms with Gasteiger partial charge in [-0.05, 0) is 47.5 Å². The van der Waals surface area contributed by atoms with E-state index >= 15 is 0 Å². The summed E-state index contributed by atoms with van der Waals surface area (Å²) >= 11 is 3.10. The molecular weight excluding hydrogens is 364 g/mol. The topological polar surface area (TPSA) is 59.8 Å². The number of thiophene rings is 1. The summed E-state index contributed by atoms with van der Waals surface area (Å²) in [6.07, 6.45) is 3.64. The first kappa shape index (κ1) is 18.0. The highest BCUT2D eigenvalue weighted by Crippen LogP contribution is 2.65. The van der Waals surface area contributed by atoms with Crippen molar-refractivity contribution in [3.05, 3.63) is 17.5 Å². The molecule has 2 aromatic heterocycles. The average molecular weight is 391 g/mol. The molecule has 0 aromatic carbocycles. The molecule has 0 saturated heterocycles. The third-order valence-electron chi connectivity index (χ3n) is 7.04. The number of nitrogens with zero attached hydrogens (tertiary/aromatic N) is 3. The molecule has 2 aliphatic rings. The number of carbonyl (C=O) groups excluding carboxylic acids is 1. The summed E-state index contributed by atoms with van der Waals surface area (Å²) in [5.41, 5.74) is 0.534. The molecule has 2 fully saturated rings. The first-order valence-electron chi connectivity index (χ1n) is 9.18. The van der Waals surface area contributed by atoms with Crippen LogP contribution in [-0.4, -0.2) is 32.5 Å². The maximum atomic E-state index is 12.6. The molecule has 3 atom stereocenters. The van der Waals surface area contributed by atoms with Crippen LogP contribution in [0.15, 0.2) is 22.7 Å². The molecule has 5 nitrogen and oxygen atoms in total. The molecule has 2 aromatic rings. The zero-order valence-electron chi connectivity index (χ0n) is 15.8. The maximum Gasteiger partial charge on any atom is 0.230 e. The molecule has 0 aliphatic heterocycles. The van der Waals surface area contributed by atoms with Gasteiger partial charge >= 0.3 is 0 Å². The highest BCUT2D eigenvalue weighted by Gasteiger charge is 2.61. The lowest BCUT2D eigenvalue weighted by Crippen LogP contribution is -2.47. The molecule has 2 saturated carbocycles. The summed E-state index contributed by atoms with van der Waals surface area (Å²) in [5.74, 6) is 2.07. The van der Waals surface area contributed by atoms with E-state index in [-0.39, 0.29) is 11.3 Å². The lowest BCUT2D eigenvalue weighted by molar-refractivity contribution is -0.120. The summed E-state index contributed by atoms with van der Waals surface area (Å²) in [4.78, 5) is 13.7. The first-order chi connectivity index (χ1) is 12.3. The van der Waals surface area contributed by atoms with Crippen LogP contribution in [0.2, 0.25) is 0 Å². The number of aromatic nitrogens is 3. The third-order valence-corrected chi connectivity index (χ3v) is 8.92. The standard InChI is InChI=1S/C19H26N4OS2/c1-18(2)12-7-8-19(18,3)14(10-12)20-15(24)11-26-17-22-21-16(23(17)4)13-6-5-9-25-13/h5-6,9,12,14H,7-8,10-11H2,1-4H3,(H,20,24). The van der Waals surface area contributed by atoms with Crippen molar-refractivity contribution >= 4 is 29.0 Å². The quantitative estimate of drug-likeness (QED) is 0.785. The molecule has 2 aliphatic carbocycles. The van der Waals surface area contributed by atoms with Gasteiger partial charge in [-0.1, -0.05) is 38.6 Å². The number of thioether (sulfide) groups is 1. The summed E-state index contributed by atoms with van der Waals surface area (Å²) in [5, 5.41) is 14.6. The van der Waals surface area contributed by atoms with Gasteiger partial charge in [0.05, 0.1) is 10.6 Å². The van der Waals surface area contributed by atoms with Crippen LogP contribution >= 0.6 is 23.1 Å². The highest BCUT2D eigenvalue weighted by atomic mass is 32.2. The van der Waals surface area contributed by atoms with Gasteiger partial charge in [0.15, 0.2) is 11.0 Å². The van der Waals surface area contributed by atoms with Crippen molar-refractivity contribution in [2.24, 2.45) is 23.8 Å². The van der Waals surface area contributed by atoms with E-state index in [9.17, 15) is 4.79 Å². The van der Waals surface area contributed by atoms with Gasteiger partial charge in [0.2, 0.25) is 5.91 Å². The van der Waals surface area contributed by atoms with Crippen molar-refractivity contribution in [1.29, 1.82) is 0 Å². The number of amides is 1. The molecular formula is C19H26N4OS2. The van der Waals surface area contributed by atoms with Gasteiger partial charge in [-0.3, -0.25) is 4.79 Å². The van der Waals surface area contributed by atoms with Gasteiger partial charge in [0.1, 0.15) is 0 Å². The van der Waals surface area contributed by atoms with E-state index in [0.29, 0.717) is 17.2 Å². The summed E-state index contributed by atoms with van der Waals surface area (Å²) in [7, 11) is 1.95. The number of hydrogen-bond acceptors (Lipinski definition) is 5. The molecule has 1 N–H and O–H groups in total. The molecule has 2 bridgehead atoms. The molecule has 2 heterocycles. The molecule has 7 heteroatoms. The van der Waals surface area contributed by atoms with Gasteiger partial charge in [0.25, 0.3) is 0 Å². The normalized spacial score (nSPS) is 29.2. The Morgan fingerprint density at radius 1 is 1.42 bits per heavy atom. The fourth-order valence-corrected chi connectivity index (χ4v) is 6.32. The Labute approximate surface area is 163 Å². The number of nitrogens with one attached hydrogen (secondary N) is 1. The Hall–Kier alpha value is -1.34. The molecule has 1 amide bonds. The van der Waals surface area contributed by atoms with Gasteiger partial charge in [0, 0.05) is 13.1 Å². The van der Waals surface area contributed by atoms with Crippen molar-refractivity contribution < 1.29 is 4.79 Å². The maximum absolute atomic E-state index is 12.6. The van der Waals surface area contributed by atoms with Crippen LogP contribution in [0.1, 0.15) is 40.0 Å². The molecule has 4 rings (SSSR count). The van der Waals surface area contributed by atoms with Gasteiger partial charge in [-0.2, -0.15) is 0 Å². The fraction of sp³-hybridized carbons (Fsp3) is 0.632. The van der Waals surface area contributed by atoms with Crippen LogP contribution in [0.5, 0.6) is 0 Å². The van der Waals surface area contributed by atoms with Crippen molar-refractivity contribution in [1.82, 2.24) is 20.1 Å². The van der Waals surface area contributed by atoms with Gasteiger partial charge in [-0.25, -0.2) is 0 Å². The fourth-order valence-electron chi connectivity index (χ4n) is 4.85. The SMILES string of the molecule is Cn1c(SCC(=O)NC2CC3CCC2(C)C3(C)C)nnc1-c1cccs1. The van der Waals surface area contributed by atoms with E-state index < -0.39 is 0 Å². The molecule has 3 unspecified atom stereocenters. The summed E-state index contributed by atoms with van der Waals surface area (Å²) < 4.78 is 1.96. The Bertz CT molecular complexity index is 814. The van der Waals surface area contributed by atoms with Crippen molar-refractivity contribution in [3.8, 4) is 10.7 Å². The molecule has 26 heavy (non-hydrogen) atoms. The monoisotopic (exact) mass is 390 g/mol. The van der Waals surface area contributed by atoms with Gasteiger partial charge < -0.3 is 9.88 Å². The number of fused-ring (bicyclic) bond motifs is 2. The van der Waals surface area contributed by atoms with Crippen LogP contribution < -0.4 is 5.32 Å². The molecule has 0 spiro atoms. The second-order valence-electron chi connectivity index (χ2n) is 8.36. The van der Waals surface area contributed by atoms with E-state index in [1.807, 2.05) is 29.1 Å². The summed E-state index contributed by atoms with van der Waals surface area (Å²) in [6.45, 7) is 7.10. The molecule has 140 valence electrons. The Morgan fingerprint density at radius 3 is 2.85 bits per heavy atom. The van der Waals surface area contributed by atoms with E-state index in [4.69, 9.17) is 0 Å². The predicted molar refractivity (Wildman–Crippen MR) is 106 cm³/mol. The Kier molecular flexibility index (Phi) is 4.42. The lowest BCUT2D eigenvalue weighted by atomic mass is 9.69. The first-order valence-corrected chi connectivity index (χ1v) is 11.0. The average Bonchev–Trinajstić information content (AvgIpc) is 3.31. The van der Waals surface area contributed by atoms with Crippen LogP contribution in [0.4, 0.5) is 0 Å². The van der Waals surface area contributed by atoms with Gasteiger partial charge in [-0.15, -0.1) is 21.5 Å². The Morgan fingerprint density at radius 2 is 2.23 bits per heavy atom. The zero-order valence-corrected chi connectivity index (χ0v) is 17.4. The van der Waals surface area contributed by atoms with Crippen LogP contribution in [-0.2, 0) is 11.8 Å². The predicted octanol–water partition coefficient (Wildman–Crippen LogP) is 3.97. The van der Waals surface area contributed by atoms with Crippen molar-refractivity contribution in [2.75, 3.05) is 5.75 Å². The van der Waals surface area contributed by atoms with E-state index in [2.05, 4.69) is 36.3 Å². The van der Waals surface area contributed by atoms with Crippen molar-refractivity contribution in [2.45, 2.75) is 51.2 Å². The molecule has 0 radical (unpaired) electrons. The zero-order chi connectivity index (χ0) is 18.5. The smallest absolute Gasteiger partial charge is 0.230 e. The minimum Gasteiger partial charge on any atom is -0.352 e. The largest absolute Gasteiger partial charge is 0.352 e. The van der Waals surface area contributed by atoms with Crippen LogP contribution in [0.25, 0.3) is 10.7 Å². The number of rotatable bonds is 5. The van der Waals surface area contributed by atoms with E-state index in [1.165, 1.54) is 24.6 Å². The summed E-state index contributed by atoms with van der Waals surface area (Å²) in [6, 6.07) is 4.34. The highest BCUT2D eigenvalue weighted by molar-refractivity contribution is 7.99. The minimum absolute atomic E-state index is 0.102. The number of hydrogen-bond donors (Lipinski definition) is 1. The minimum atomic E-state index is 0.102. The van der Waals surface area contributed by atoms with Crippen molar-refractivity contribution in [3.63, 3.8) is 0 Å². The second-order valence-corrected chi connectivity index (χ2v) is 10.3. The number of carbonyl (C=O) groups is 1. The Balaban J connectivity index is 1.37. The van der Waals surface area contributed by atoms with E-state index in [0.717, 1.165) is 28.2 Å². The van der Waals surface area contributed by atoms with Crippen LogP contribution in [0, 0.1) is 16.7 Å². The van der Waals surface area contributed by atoms with Crippen LogP contribution in [0.3, 0.4) is 0 Å². The van der Waals surface area contributed by atoms with E-state index in [1.54, 1.807) is 11.3 Å². The second kappa shape index (κ2) is 6.37. The third kappa shape index (κ3) is 2.71. The lowest BCUT2D eigenvalue weighted by Gasteiger charge is -2.39.